The number of hydrogen-bond donors (Lipinski definition) is 1. The molecule has 2 aromatic carbocycles. The molecule has 0 amide bonds. The van der Waals surface area contributed by atoms with Crippen molar-refractivity contribution in [1.29, 1.82) is 0 Å². The third-order valence-corrected chi connectivity index (χ3v) is 3.47. The Morgan fingerprint density at radius 3 is 2.58 bits per heavy atom. The van der Waals surface area contributed by atoms with E-state index in [1.807, 2.05) is 31.2 Å². The molecule has 4 heteroatoms. The summed E-state index contributed by atoms with van der Waals surface area (Å²) in [6.45, 7) is 2.03. The molecule has 1 atom stereocenters. The van der Waals surface area contributed by atoms with Crippen LogP contribution in [0.2, 0.25) is 10.0 Å². The smallest absolute Gasteiger partial charge is 0.164 e. The lowest BCUT2D eigenvalue weighted by Crippen LogP contribution is -2.10. The molecular weight excluding hydrogens is 284 g/mol. The highest BCUT2D eigenvalue weighted by atomic mass is 35.5. The van der Waals surface area contributed by atoms with Gasteiger partial charge in [0.05, 0.1) is 16.8 Å². The maximum Gasteiger partial charge on any atom is 0.164 e. The second kappa shape index (κ2) is 6.27. The molecule has 1 nitrogen and oxygen atoms in total. The van der Waals surface area contributed by atoms with Gasteiger partial charge < -0.3 is 5.32 Å². The van der Waals surface area contributed by atoms with E-state index < -0.39 is 5.82 Å². The molecule has 0 aromatic heterocycles. The Bertz CT molecular complexity index is 572. The van der Waals surface area contributed by atoms with E-state index >= 15 is 0 Å². The van der Waals surface area contributed by atoms with Crippen LogP contribution in [0.5, 0.6) is 0 Å². The first kappa shape index (κ1) is 14.2. The van der Waals surface area contributed by atoms with Gasteiger partial charge in [0.1, 0.15) is 0 Å². The van der Waals surface area contributed by atoms with Gasteiger partial charge in [0, 0.05) is 5.02 Å². The minimum atomic E-state index is -0.426. The van der Waals surface area contributed by atoms with Crippen LogP contribution in [0, 0.1) is 5.82 Å². The van der Waals surface area contributed by atoms with E-state index in [2.05, 4.69) is 5.32 Å². The fraction of sp³-hybridized carbons (Fsp3) is 0.200. The summed E-state index contributed by atoms with van der Waals surface area (Å²) in [5, 5.41) is 3.95. The first-order chi connectivity index (χ1) is 9.11. The molecule has 0 fully saturated rings. The summed E-state index contributed by atoms with van der Waals surface area (Å²) in [5.41, 5.74) is 1.42. The zero-order valence-electron chi connectivity index (χ0n) is 10.5. The van der Waals surface area contributed by atoms with Crippen molar-refractivity contribution in [2.45, 2.75) is 19.4 Å². The molecule has 19 heavy (non-hydrogen) atoms. The van der Waals surface area contributed by atoms with Gasteiger partial charge >= 0.3 is 0 Å². The van der Waals surface area contributed by atoms with Crippen molar-refractivity contribution in [2.24, 2.45) is 0 Å². The van der Waals surface area contributed by atoms with Crippen LogP contribution in [0.1, 0.15) is 24.9 Å². The predicted octanol–water partition coefficient (Wildman–Crippen LogP) is 5.70. The van der Waals surface area contributed by atoms with Crippen LogP contribution in [0.3, 0.4) is 0 Å². The van der Waals surface area contributed by atoms with Gasteiger partial charge in [0.25, 0.3) is 0 Å². The molecule has 0 spiro atoms. The van der Waals surface area contributed by atoms with E-state index in [-0.39, 0.29) is 11.1 Å². The van der Waals surface area contributed by atoms with Crippen molar-refractivity contribution < 1.29 is 4.39 Å². The number of halogens is 3. The van der Waals surface area contributed by atoms with Crippen molar-refractivity contribution in [3.05, 3.63) is 63.9 Å². The average molecular weight is 298 g/mol. The highest BCUT2D eigenvalue weighted by molar-refractivity contribution is 6.31. The number of anilines is 1. The van der Waals surface area contributed by atoms with E-state index in [1.54, 1.807) is 12.1 Å². The average Bonchev–Trinajstić information content (AvgIpc) is 2.40. The first-order valence-corrected chi connectivity index (χ1v) is 6.83. The summed E-state index contributed by atoms with van der Waals surface area (Å²) in [5.74, 6) is -0.426. The van der Waals surface area contributed by atoms with Crippen LogP contribution in [0.25, 0.3) is 0 Å². The summed E-state index contributed by atoms with van der Waals surface area (Å²) < 4.78 is 13.9. The topological polar surface area (TPSA) is 12.0 Å². The van der Waals surface area contributed by atoms with E-state index in [9.17, 15) is 4.39 Å². The van der Waals surface area contributed by atoms with Gasteiger partial charge in [0.2, 0.25) is 0 Å². The third-order valence-electron chi connectivity index (χ3n) is 2.94. The lowest BCUT2D eigenvalue weighted by atomic mass is 10.0. The second-order valence-electron chi connectivity index (χ2n) is 4.26. The summed E-state index contributed by atoms with van der Waals surface area (Å²) in [6, 6.07) is 12.5. The lowest BCUT2D eigenvalue weighted by Gasteiger charge is -2.19. The monoisotopic (exact) mass is 297 g/mol. The van der Waals surface area contributed by atoms with Crippen LogP contribution in [-0.4, -0.2) is 0 Å². The Kier molecular flexibility index (Phi) is 4.67. The minimum absolute atomic E-state index is 0.00772. The largest absolute Gasteiger partial charge is 0.376 e. The lowest BCUT2D eigenvalue weighted by molar-refractivity contribution is 0.624. The highest BCUT2D eigenvalue weighted by Crippen LogP contribution is 2.28. The zero-order chi connectivity index (χ0) is 13.8. The SMILES string of the molecule is CCC(Nc1cccc(Cl)c1F)c1cccc(Cl)c1. The van der Waals surface area contributed by atoms with Gasteiger partial charge in [-0.15, -0.1) is 0 Å². The maximum absolute atomic E-state index is 13.9. The third kappa shape index (κ3) is 3.40. The number of benzene rings is 2. The predicted molar refractivity (Wildman–Crippen MR) is 79.5 cm³/mol. The second-order valence-corrected chi connectivity index (χ2v) is 5.11. The summed E-state index contributed by atoms with van der Waals surface area (Å²) in [7, 11) is 0. The molecule has 1 N–H and O–H groups in total. The molecule has 0 aliphatic rings. The molecule has 0 heterocycles. The summed E-state index contributed by atoms with van der Waals surface area (Å²) in [4.78, 5) is 0. The Morgan fingerprint density at radius 2 is 1.89 bits per heavy atom. The molecule has 0 aliphatic heterocycles. The molecule has 0 aliphatic carbocycles. The molecule has 0 bridgehead atoms. The van der Waals surface area contributed by atoms with Crippen molar-refractivity contribution in [1.82, 2.24) is 0 Å². The first-order valence-electron chi connectivity index (χ1n) is 6.08. The van der Waals surface area contributed by atoms with Crippen molar-refractivity contribution in [2.75, 3.05) is 5.32 Å². The van der Waals surface area contributed by atoms with Crippen molar-refractivity contribution in [3.8, 4) is 0 Å². The molecule has 0 saturated heterocycles. The quantitative estimate of drug-likeness (QED) is 0.764. The molecule has 0 saturated carbocycles. The van der Waals surface area contributed by atoms with Gasteiger partial charge in [-0.05, 0) is 36.2 Å². The normalized spacial score (nSPS) is 12.2. The fourth-order valence-electron chi connectivity index (χ4n) is 1.95. The Hall–Kier alpha value is -1.25. The molecular formula is C15H14Cl2FN. The summed E-state index contributed by atoms with van der Waals surface area (Å²) >= 11 is 11.8. The maximum atomic E-state index is 13.9. The van der Waals surface area contributed by atoms with Crippen LogP contribution in [-0.2, 0) is 0 Å². The van der Waals surface area contributed by atoms with Crippen LogP contribution in [0.4, 0.5) is 10.1 Å². The van der Waals surface area contributed by atoms with Gasteiger partial charge in [0.15, 0.2) is 5.82 Å². The van der Waals surface area contributed by atoms with Crippen LogP contribution >= 0.6 is 23.2 Å². The number of rotatable bonds is 4. The van der Waals surface area contributed by atoms with E-state index in [1.165, 1.54) is 6.07 Å². The van der Waals surface area contributed by atoms with Crippen LogP contribution in [0.15, 0.2) is 42.5 Å². The van der Waals surface area contributed by atoms with Gasteiger partial charge in [-0.2, -0.15) is 0 Å². The van der Waals surface area contributed by atoms with Crippen molar-refractivity contribution >= 4 is 28.9 Å². The fourth-order valence-corrected chi connectivity index (χ4v) is 2.32. The van der Waals surface area contributed by atoms with E-state index in [4.69, 9.17) is 23.2 Å². The summed E-state index contributed by atoms with van der Waals surface area (Å²) in [6.07, 6.45) is 0.812. The number of nitrogens with one attached hydrogen (secondary N) is 1. The molecule has 2 aromatic rings. The zero-order valence-corrected chi connectivity index (χ0v) is 12.0. The highest BCUT2D eigenvalue weighted by Gasteiger charge is 2.13. The number of hydrogen-bond acceptors (Lipinski definition) is 1. The molecule has 100 valence electrons. The van der Waals surface area contributed by atoms with Gasteiger partial charge in [-0.25, -0.2) is 4.39 Å². The Labute approximate surface area is 122 Å². The van der Waals surface area contributed by atoms with E-state index in [0.29, 0.717) is 10.7 Å². The molecule has 2 rings (SSSR count). The van der Waals surface area contributed by atoms with Gasteiger partial charge in [-0.3, -0.25) is 0 Å². The standard InChI is InChI=1S/C15H14Cl2FN/c1-2-13(10-5-3-6-11(16)9-10)19-14-8-4-7-12(17)15(14)18/h3-9,13,19H,2H2,1H3. The van der Waals surface area contributed by atoms with E-state index in [0.717, 1.165) is 12.0 Å². The Balaban J connectivity index is 2.26. The molecule has 1 unspecified atom stereocenters. The Morgan fingerprint density at radius 1 is 1.16 bits per heavy atom. The molecule has 0 radical (unpaired) electrons. The van der Waals surface area contributed by atoms with Crippen LogP contribution < -0.4 is 5.32 Å². The van der Waals surface area contributed by atoms with Crippen molar-refractivity contribution in [3.63, 3.8) is 0 Å². The minimum Gasteiger partial charge on any atom is -0.376 e. The van der Waals surface area contributed by atoms with Gasteiger partial charge in [-0.1, -0.05) is 48.3 Å².